The van der Waals surface area contributed by atoms with E-state index in [-0.39, 0.29) is 29.9 Å². The minimum absolute atomic E-state index is 0. The Balaban J connectivity index is -0.0000000575. The topological polar surface area (TPSA) is 0 Å². The Bertz CT molecular complexity index is 19.7. The van der Waals surface area contributed by atoms with E-state index in [2.05, 4.69) is 19.6 Å². The van der Waals surface area contributed by atoms with Crippen molar-refractivity contribution in [2.75, 3.05) is 0 Å². The molecule has 0 aromatic heterocycles. The molecule has 0 saturated carbocycles. The van der Waals surface area contributed by atoms with Gasteiger partial charge in [-0.1, -0.05) is 19.6 Å². The number of hydrogen-bond donors (Lipinski definition) is 0. The van der Waals surface area contributed by atoms with Crippen molar-refractivity contribution >= 4 is 8.80 Å². The molecule has 0 bridgehead atoms. The molecule has 0 saturated heterocycles. The summed E-state index contributed by atoms with van der Waals surface area (Å²) in [6.07, 6.45) is 2.00. The van der Waals surface area contributed by atoms with E-state index in [9.17, 15) is 0 Å². The summed E-state index contributed by atoms with van der Waals surface area (Å²) in [5, 5.41) is 0. The molecule has 2 heteroatoms. The van der Waals surface area contributed by atoms with Gasteiger partial charge < -0.3 is 6.42 Å². The zero-order valence-electron chi connectivity index (χ0n) is 6.49. The molecule has 0 aliphatic heterocycles. The second-order valence-corrected chi connectivity index (χ2v) is 5.08. The van der Waals surface area contributed by atoms with Gasteiger partial charge in [0.25, 0.3) is 0 Å². The molecule has 0 nitrogen and oxygen atoms in total. The Morgan fingerprint density at radius 1 is 1.00 bits per heavy atom. The molecule has 0 N–H and O–H groups in total. The molecule has 51 valence electrons. The Labute approximate surface area is 69.9 Å². The fourth-order valence-corrected chi connectivity index (χ4v) is 0. The molecular formula is C6H16SiW-. The van der Waals surface area contributed by atoms with Crippen molar-refractivity contribution in [1.82, 2.24) is 0 Å². The molecule has 0 aliphatic carbocycles. The molecule has 0 amide bonds. The molecule has 0 unspecified atom stereocenters. The van der Waals surface area contributed by atoms with Crippen molar-refractivity contribution in [3.05, 3.63) is 6.42 Å². The average molecular weight is 300 g/mol. The van der Waals surface area contributed by atoms with Crippen molar-refractivity contribution in [2.45, 2.75) is 33.5 Å². The maximum Gasteiger partial charge on any atom is 0.0379 e. The van der Waals surface area contributed by atoms with Crippen LogP contribution in [-0.4, -0.2) is 8.80 Å². The largest absolute Gasteiger partial charge is 0.335 e. The summed E-state index contributed by atoms with van der Waals surface area (Å²) >= 11 is 0. The molecule has 1 radical (unpaired) electrons. The van der Waals surface area contributed by atoms with Gasteiger partial charge in [0.15, 0.2) is 0 Å². The number of hydrogen-bond acceptors (Lipinski definition) is 0. The Morgan fingerprint density at radius 3 is 1.00 bits per heavy atom. The van der Waals surface area contributed by atoms with Crippen LogP contribution in [0.5, 0.6) is 0 Å². The molecular weight excluding hydrogens is 284 g/mol. The molecule has 8 heavy (non-hydrogen) atoms. The van der Waals surface area contributed by atoms with E-state index >= 15 is 0 Å². The van der Waals surface area contributed by atoms with Crippen LogP contribution in [0.25, 0.3) is 0 Å². The minimum atomic E-state index is 0. The zero-order valence-corrected chi connectivity index (χ0v) is 10.4. The van der Waals surface area contributed by atoms with Crippen LogP contribution in [0.2, 0.25) is 19.6 Å². The normalized spacial score (nSPS) is 6.75. The van der Waals surface area contributed by atoms with Crippen molar-refractivity contribution in [1.29, 1.82) is 0 Å². The van der Waals surface area contributed by atoms with Gasteiger partial charge in [-0.2, -0.15) is 13.8 Å². The van der Waals surface area contributed by atoms with E-state index in [1.807, 2.05) is 20.3 Å². The Hall–Kier alpha value is 0.905. The van der Waals surface area contributed by atoms with Gasteiger partial charge in [0.05, 0.1) is 0 Å². The van der Waals surface area contributed by atoms with Crippen LogP contribution in [0.4, 0.5) is 0 Å². The predicted octanol–water partition coefficient (Wildman–Crippen LogP) is 2.60. The first-order valence-corrected chi connectivity index (χ1v) is 5.65. The molecule has 0 aliphatic rings. The smallest absolute Gasteiger partial charge is 0.0379 e. The first kappa shape index (κ1) is 16.0. The minimum Gasteiger partial charge on any atom is -0.335 e. The molecule has 0 fully saturated rings. The first-order chi connectivity index (χ1) is 3.15. The molecule has 0 aromatic rings. The molecule has 0 rings (SSSR count). The standard InChI is InChI=1S/C3H9Si.C3H7.W/c1-4(2)3;1-3-2;/h1-3H3;3H,1-2H3;/q;-1;. The third-order valence-corrected chi connectivity index (χ3v) is 0. The van der Waals surface area contributed by atoms with E-state index in [4.69, 9.17) is 0 Å². The van der Waals surface area contributed by atoms with Crippen LogP contribution < -0.4 is 0 Å². The van der Waals surface area contributed by atoms with Gasteiger partial charge in [0, 0.05) is 29.9 Å². The maximum atomic E-state index is 2.27. The maximum absolute atomic E-state index is 2.27. The Kier molecular flexibility index (Phi) is 31.3. The van der Waals surface area contributed by atoms with Crippen LogP contribution in [0.1, 0.15) is 13.8 Å². The van der Waals surface area contributed by atoms with Gasteiger partial charge >= 0.3 is 0 Å². The van der Waals surface area contributed by atoms with E-state index < -0.39 is 0 Å². The second kappa shape index (κ2) is 15.7. The zero-order chi connectivity index (χ0) is 6.28. The van der Waals surface area contributed by atoms with E-state index in [0.717, 1.165) is 0 Å². The third-order valence-electron chi connectivity index (χ3n) is 0. The molecule has 0 aromatic carbocycles. The molecule has 0 spiro atoms. The van der Waals surface area contributed by atoms with Gasteiger partial charge in [0.1, 0.15) is 0 Å². The molecule has 0 atom stereocenters. The van der Waals surface area contributed by atoms with Gasteiger partial charge in [-0.15, -0.1) is 0 Å². The average Bonchev–Trinajstić information content (AvgIpc) is 1.33. The van der Waals surface area contributed by atoms with Crippen LogP contribution >= 0.6 is 0 Å². The van der Waals surface area contributed by atoms with Crippen molar-refractivity contribution < 1.29 is 21.1 Å². The SMILES string of the molecule is C[CH-]C.C[Si](C)C.[W]. The summed E-state index contributed by atoms with van der Waals surface area (Å²) in [5.74, 6) is 0. The second-order valence-electron chi connectivity index (χ2n) is 2.08. The summed E-state index contributed by atoms with van der Waals surface area (Å²) in [6.45, 7) is 10.8. The van der Waals surface area contributed by atoms with Crippen molar-refractivity contribution in [3.8, 4) is 0 Å². The summed E-state index contributed by atoms with van der Waals surface area (Å²) < 4.78 is 0. The summed E-state index contributed by atoms with van der Waals surface area (Å²) in [7, 11) is 0.120. The van der Waals surface area contributed by atoms with Crippen LogP contribution in [-0.2, 0) is 21.1 Å². The molecule has 0 heterocycles. The van der Waals surface area contributed by atoms with E-state index in [1.54, 1.807) is 0 Å². The number of rotatable bonds is 0. The summed E-state index contributed by atoms with van der Waals surface area (Å²) in [5.41, 5.74) is 0. The van der Waals surface area contributed by atoms with Crippen molar-refractivity contribution in [2.24, 2.45) is 0 Å². The Morgan fingerprint density at radius 2 is 1.00 bits per heavy atom. The van der Waals surface area contributed by atoms with Crippen LogP contribution in [0.3, 0.4) is 0 Å². The monoisotopic (exact) mass is 300 g/mol. The van der Waals surface area contributed by atoms with Gasteiger partial charge in [-0.25, -0.2) is 0 Å². The first-order valence-electron chi connectivity index (χ1n) is 2.65. The summed E-state index contributed by atoms with van der Waals surface area (Å²) in [4.78, 5) is 0. The van der Waals surface area contributed by atoms with Crippen molar-refractivity contribution in [3.63, 3.8) is 0 Å². The quantitative estimate of drug-likeness (QED) is 0.476. The van der Waals surface area contributed by atoms with Gasteiger partial charge in [-0.05, 0) is 0 Å². The van der Waals surface area contributed by atoms with Gasteiger partial charge in [-0.3, -0.25) is 0 Å². The predicted molar refractivity (Wildman–Crippen MR) is 39.0 cm³/mol. The van der Waals surface area contributed by atoms with Gasteiger partial charge in [0.2, 0.25) is 0 Å². The summed E-state index contributed by atoms with van der Waals surface area (Å²) in [6, 6.07) is 0. The fraction of sp³-hybridized carbons (Fsp3) is 0.833. The van der Waals surface area contributed by atoms with E-state index in [1.165, 1.54) is 0 Å². The van der Waals surface area contributed by atoms with Crippen LogP contribution in [0.15, 0.2) is 0 Å². The third kappa shape index (κ3) is 294. The van der Waals surface area contributed by atoms with E-state index in [0.29, 0.717) is 0 Å². The fourth-order valence-electron chi connectivity index (χ4n) is 0. The van der Waals surface area contributed by atoms with Crippen LogP contribution in [0, 0.1) is 6.42 Å².